The van der Waals surface area contributed by atoms with Crippen LogP contribution in [0.4, 0.5) is 0 Å². The molecule has 0 saturated carbocycles. The molecule has 5 rings (SSSR count). The number of hydrogen-bond acceptors (Lipinski definition) is 6. The first-order valence-electron chi connectivity index (χ1n) is 10.0. The molecule has 9 heteroatoms. The molecule has 0 bridgehead atoms. The van der Waals surface area contributed by atoms with Crippen LogP contribution in [0.25, 0.3) is 31.4 Å². The molecule has 0 spiro atoms. The lowest BCUT2D eigenvalue weighted by Crippen LogP contribution is -2.31. The van der Waals surface area contributed by atoms with Crippen molar-refractivity contribution in [2.24, 2.45) is 0 Å². The normalized spacial score (nSPS) is 11.2. The molecule has 160 valence electrons. The number of thiophene rings is 1. The molecule has 1 aromatic carbocycles. The Morgan fingerprint density at radius 2 is 2.03 bits per heavy atom. The number of amides is 1. The quantitative estimate of drug-likeness (QED) is 0.394. The number of fused-ring (bicyclic) bond motifs is 1. The maximum absolute atomic E-state index is 12.6. The fraction of sp³-hybridized carbons (Fsp3) is 0.130. The van der Waals surface area contributed by atoms with E-state index in [0.29, 0.717) is 11.3 Å². The van der Waals surface area contributed by atoms with E-state index in [1.165, 1.54) is 10.7 Å². The molecule has 0 aliphatic rings. The van der Waals surface area contributed by atoms with Gasteiger partial charge in [-0.3, -0.25) is 9.59 Å². The molecule has 1 amide bonds. The number of H-pyrrole nitrogens is 1. The van der Waals surface area contributed by atoms with Crippen LogP contribution in [-0.2, 0) is 6.54 Å². The summed E-state index contributed by atoms with van der Waals surface area (Å²) in [5.41, 5.74) is 2.85. The van der Waals surface area contributed by atoms with Crippen LogP contribution >= 0.6 is 22.7 Å². The monoisotopic (exact) mass is 461 g/mol. The maximum Gasteiger partial charge on any atom is 0.266 e. The van der Waals surface area contributed by atoms with Crippen molar-refractivity contribution in [2.75, 3.05) is 6.54 Å². The van der Waals surface area contributed by atoms with E-state index in [9.17, 15) is 9.59 Å². The minimum Gasteiger partial charge on any atom is -0.360 e. The lowest BCUT2D eigenvalue weighted by atomic mass is 10.1. The number of aromatic nitrogens is 4. The zero-order valence-corrected chi connectivity index (χ0v) is 18.8. The highest BCUT2D eigenvalue weighted by atomic mass is 32.1. The summed E-state index contributed by atoms with van der Waals surface area (Å²) < 4.78 is 1.38. The predicted octanol–water partition coefficient (Wildman–Crippen LogP) is 4.32. The molecule has 2 N–H and O–H groups in total. The average molecular weight is 462 g/mol. The van der Waals surface area contributed by atoms with Crippen molar-refractivity contribution in [3.05, 3.63) is 81.7 Å². The fourth-order valence-corrected chi connectivity index (χ4v) is 5.33. The molecule has 0 atom stereocenters. The number of aromatic amines is 1. The lowest BCUT2D eigenvalue weighted by Gasteiger charge is -2.08. The standard InChI is InChI=1S/C23H19N5O2S2/c1-14-21(32-23(26-14)19-7-4-12-31-19)18-8-9-20(29)28(27-18)11-10-24-22(30)16-13-25-17-6-3-2-5-15(16)17/h2-9,12-13,25H,10-11H2,1H3,(H,24,30). The van der Waals surface area contributed by atoms with E-state index >= 15 is 0 Å². The largest absolute Gasteiger partial charge is 0.360 e. The molecule has 4 heterocycles. The summed E-state index contributed by atoms with van der Waals surface area (Å²) in [5, 5.41) is 11.2. The number of carbonyl (C=O) groups is 1. The second-order valence-electron chi connectivity index (χ2n) is 7.19. The van der Waals surface area contributed by atoms with Gasteiger partial charge in [0, 0.05) is 29.7 Å². The van der Waals surface area contributed by atoms with E-state index in [2.05, 4.69) is 20.4 Å². The Morgan fingerprint density at radius 3 is 2.88 bits per heavy atom. The molecule has 7 nitrogen and oxygen atoms in total. The van der Waals surface area contributed by atoms with Crippen LogP contribution in [-0.4, -0.2) is 32.2 Å². The minimum absolute atomic E-state index is 0.189. The van der Waals surface area contributed by atoms with E-state index in [-0.39, 0.29) is 24.6 Å². The number of rotatable bonds is 6. The zero-order chi connectivity index (χ0) is 22.1. The van der Waals surface area contributed by atoms with E-state index < -0.39 is 0 Å². The van der Waals surface area contributed by atoms with Crippen LogP contribution in [0.3, 0.4) is 0 Å². The number of aryl methyl sites for hydroxylation is 1. The van der Waals surface area contributed by atoms with Gasteiger partial charge < -0.3 is 10.3 Å². The molecular weight excluding hydrogens is 442 g/mol. The molecule has 32 heavy (non-hydrogen) atoms. The molecule has 0 aliphatic carbocycles. The number of nitrogens with zero attached hydrogens (tertiary/aromatic N) is 3. The Morgan fingerprint density at radius 1 is 1.16 bits per heavy atom. The van der Waals surface area contributed by atoms with Gasteiger partial charge in [-0.2, -0.15) is 5.10 Å². The van der Waals surface area contributed by atoms with Crippen LogP contribution in [0.5, 0.6) is 0 Å². The first kappa shape index (κ1) is 20.3. The van der Waals surface area contributed by atoms with Crippen molar-refractivity contribution in [2.45, 2.75) is 13.5 Å². The number of hydrogen-bond donors (Lipinski definition) is 2. The fourth-order valence-electron chi connectivity index (χ4n) is 3.50. The van der Waals surface area contributed by atoms with E-state index in [4.69, 9.17) is 0 Å². The van der Waals surface area contributed by atoms with Gasteiger partial charge in [-0.1, -0.05) is 24.3 Å². The van der Waals surface area contributed by atoms with Gasteiger partial charge in [-0.15, -0.1) is 22.7 Å². The summed E-state index contributed by atoms with van der Waals surface area (Å²) in [7, 11) is 0. The SMILES string of the molecule is Cc1nc(-c2cccs2)sc1-c1ccc(=O)n(CCNC(=O)c2c[nH]c3ccccc23)n1. The first-order valence-corrected chi connectivity index (χ1v) is 11.7. The molecule has 0 fully saturated rings. The average Bonchev–Trinajstić information content (AvgIpc) is 3.54. The Kier molecular flexibility index (Phi) is 5.42. The highest BCUT2D eigenvalue weighted by Crippen LogP contribution is 2.35. The Hall–Kier alpha value is -3.56. The number of para-hydroxylation sites is 1. The number of thiazole rings is 1. The number of nitrogens with one attached hydrogen (secondary N) is 2. The molecule has 4 aromatic heterocycles. The third-order valence-corrected chi connectivity index (χ3v) is 7.29. The van der Waals surface area contributed by atoms with Crippen molar-refractivity contribution < 1.29 is 4.79 Å². The maximum atomic E-state index is 12.6. The summed E-state index contributed by atoms with van der Waals surface area (Å²) in [6.07, 6.45) is 1.70. The Bertz CT molecular complexity index is 1460. The molecule has 0 radical (unpaired) electrons. The van der Waals surface area contributed by atoms with E-state index in [0.717, 1.165) is 31.4 Å². The van der Waals surface area contributed by atoms with Crippen LogP contribution in [0.1, 0.15) is 16.1 Å². The third kappa shape index (κ3) is 3.88. The minimum atomic E-state index is -0.212. The van der Waals surface area contributed by atoms with Gasteiger partial charge in [0.25, 0.3) is 11.5 Å². The van der Waals surface area contributed by atoms with Gasteiger partial charge in [0.1, 0.15) is 10.7 Å². The van der Waals surface area contributed by atoms with Crippen LogP contribution in [0.2, 0.25) is 0 Å². The number of carbonyl (C=O) groups excluding carboxylic acids is 1. The zero-order valence-electron chi connectivity index (χ0n) is 17.2. The summed E-state index contributed by atoms with van der Waals surface area (Å²) in [5.74, 6) is -0.189. The number of benzene rings is 1. The Balaban J connectivity index is 1.32. The molecule has 5 aromatic rings. The third-order valence-electron chi connectivity index (χ3n) is 5.07. The van der Waals surface area contributed by atoms with Crippen LogP contribution in [0.15, 0.2) is 64.9 Å². The summed E-state index contributed by atoms with van der Waals surface area (Å²) in [6, 6.07) is 14.9. The van der Waals surface area contributed by atoms with Gasteiger partial charge in [0.05, 0.1) is 27.6 Å². The van der Waals surface area contributed by atoms with Gasteiger partial charge in [-0.25, -0.2) is 9.67 Å². The topological polar surface area (TPSA) is 92.7 Å². The summed E-state index contributed by atoms with van der Waals surface area (Å²) in [6.45, 7) is 2.51. The van der Waals surface area contributed by atoms with Gasteiger partial charge in [-0.05, 0) is 30.5 Å². The van der Waals surface area contributed by atoms with Crippen LogP contribution < -0.4 is 10.9 Å². The van der Waals surface area contributed by atoms with Crippen molar-refractivity contribution in [1.82, 2.24) is 25.1 Å². The van der Waals surface area contributed by atoms with Crippen molar-refractivity contribution >= 4 is 39.5 Å². The molecule has 0 aliphatic heterocycles. The second-order valence-corrected chi connectivity index (χ2v) is 9.14. The highest BCUT2D eigenvalue weighted by Gasteiger charge is 2.15. The first-order chi connectivity index (χ1) is 15.6. The van der Waals surface area contributed by atoms with Gasteiger partial charge in [0.15, 0.2) is 0 Å². The highest BCUT2D eigenvalue weighted by molar-refractivity contribution is 7.23. The second kappa shape index (κ2) is 8.52. The molecule has 0 saturated heterocycles. The molecule has 0 unspecified atom stereocenters. The lowest BCUT2D eigenvalue weighted by molar-refractivity contribution is 0.0953. The summed E-state index contributed by atoms with van der Waals surface area (Å²) in [4.78, 5) is 34.7. The van der Waals surface area contributed by atoms with E-state index in [1.807, 2.05) is 48.7 Å². The van der Waals surface area contributed by atoms with Gasteiger partial charge >= 0.3 is 0 Å². The Labute approximate surface area is 191 Å². The molecular formula is C23H19N5O2S2. The van der Waals surface area contributed by atoms with Crippen LogP contribution in [0, 0.1) is 6.92 Å². The van der Waals surface area contributed by atoms with Crippen molar-refractivity contribution in [1.29, 1.82) is 0 Å². The van der Waals surface area contributed by atoms with Crippen molar-refractivity contribution in [3.8, 4) is 20.5 Å². The van der Waals surface area contributed by atoms with E-state index in [1.54, 1.807) is 34.9 Å². The van der Waals surface area contributed by atoms with Crippen molar-refractivity contribution in [3.63, 3.8) is 0 Å². The van der Waals surface area contributed by atoms with Gasteiger partial charge in [0.2, 0.25) is 0 Å². The summed E-state index contributed by atoms with van der Waals surface area (Å²) >= 11 is 3.20. The smallest absolute Gasteiger partial charge is 0.266 e. The predicted molar refractivity (Wildman–Crippen MR) is 128 cm³/mol.